The summed E-state index contributed by atoms with van der Waals surface area (Å²) < 4.78 is 26.2. The van der Waals surface area contributed by atoms with E-state index in [0.717, 1.165) is 0 Å². The Bertz CT molecular complexity index is 547. The normalized spacial score (nSPS) is 13.2. The van der Waals surface area contributed by atoms with Crippen LogP contribution in [0.25, 0.3) is 0 Å². The zero-order valence-corrected chi connectivity index (χ0v) is 11.9. The number of carboxylic acid groups (broad SMARTS) is 1. The highest BCUT2D eigenvalue weighted by Gasteiger charge is 2.22. The fourth-order valence-electron chi connectivity index (χ4n) is 1.52. The van der Waals surface area contributed by atoms with E-state index in [2.05, 4.69) is 9.71 Å². The highest BCUT2D eigenvalue weighted by molar-refractivity contribution is 7.89. The van der Waals surface area contributed by atoms with Crippen molar-refractivity contribution in [2.24, 2.45) is 5.92 Å². The quantitative estimate of drug-likeness (QED) is 0.744. The van der Waals surface area contributed by atoms with Gasteiger partial charge in [-0.3, -0.25) is 4.79 Å². The standard InChI is InChI=1S/C11H15ClN2O4S/c1-2-4-8(11(15)16)7-14-19(17,18)9-5-3-6-13-10(9)12/h3,5-6,8,14H,2,4,7H2,1H3,(H,15,16). The first kappa shape index (κ1) is 15.9. The summed E-state index contributed by atoms with van der Waals surface area (Å²) in [6, 6.07) is 2.76. The fraction of sp³-hybridized carbons (Fsp3) is 0.455. The molecule has 0 aromatic carbocycles. The summed E-state index contributed by atoms with van der Waals surface area (Å²) in [4.78, 5) is 14.5. The molecule has 6 nitrogen and oxygen atoms in total. The number of carboxylic acids is 1. The number of nitrogens with one attached hydrogen (secondary N) is 1. The summed E-state index contributed by atoms with van der Waals surface area (Å²) in [6.07, 6.45) is 2.43. The van der Waals surface area contributed by atoms with Crippen LogP contribution in [0.5, 0.6) is 0 Å². The van der Waals surface area contributed by atoms with Gasteiger partial charge in [0, 0.05) is 12.7 Å². The maximum atomic E-state index is 12.0. The lowest BCUT2D eigenvalue weighted by Crippen LogP contribution is -2.33. The van der Waals surface area contributed by atoms with E-state index in [4.69, 9.17) is 16.7 Å². The van der Waals surface area contributed by atoms with E-state index in [9.17, 15) is 13.2 Å². The number of aliphatic carboxylic acids is 1. The molecule has 1 atom stereocenters. The van der Waals surface area contributed by atoms with Crippen molar-refractivity contribution in [1.29, 1.82) is 0 Å². The van der Waals surface area contributed by atoms with Crippen molar-refractivity contribution >= 4 is 27.6 Å². The average molecular weight is 307 g/mol. The van der Waals surface area contributed by atoms with Gasteiger partial charge in [-0.15, -0.1) is 0 Å². The van der Waals surface area contributed by atoms with Crippen LogP contribution in [0.3, 0.4) is 0 Å². The molecule has 0 aliphatic heterocycles. The number of hydrogen-bond donors (Lipinski definition) is 2. The van der Waals surface area contributed by atoms with Gasteiger partial charge in [0.15, 0.2) is 0 Å². The maximum absolute atomic E-state index is 12.0. The van der Waals surface area contributed by atoms with Gasteiger partial charge in [-0.1, -0.05) is 24.9 Å². The Hall–Kier alpha value is -1.18. The lowest BCUT2D eigenvalue weighted by atomic mass is 10.1. The van der Waals surface area contributed by atoms with Gasteiger partial charge < -0.3 is 5.11 Å². The van der Waals surface area contributed by atoms with Crippen LogP contribution in [0.1, 0.15) is 19.8 Å². The number of hydrogen-bond acceptors (Lipinski definition) is 4. The molecule has 1 unspecified atom stereocenters. The fourth-order valence-corrected chi connectivity index (χ4v) is 3.05. The van der Waals surface area contributed by atoms with Gasteiger partial charge in [-0.2, -0.15) is 0 Å². The van der Waals surface area contributed by atoms with Crippen molar-refractivity contribution in [3.63, 3.8) is 0 Å². The van der Waals surface area contributed by atoms with E-state index in [-0.39, 0.29) is 16.6 Å². The van der Waals surface area contributed by atoms with Gasteiger partial charge in [0.2, 0.25) is 10.0 Å². The number of halogens is 1. The first-order valence-electron chi connectivity index (χ1n) is 5.71. The van der Waals surface area contributed by atoms with Crippen LogP contribution in [0.2, 0.25) is 5.15 Å². The number of pyridine rings is 1. The Kier molecular flexibility index (Phi) is 5.71. The zero-order chi connectivity index (χ0) is 14.5. The molecule has 19 heavy (non-hydrogen) atoms. The minimum atomic E-state index is -3.85. The second kappa shape index (κ2) is 6.83. The smallest absolute Gasteiger partial charge is 0.307 e. The highest BCUT2D eigenvalue weighted by Crippen LogP contribution is 2.18. The van der Waals surface area contributed by atoms with E-state index < -0.39 is 21.9 Å². The molecule has 0 fully saturated rings. The predicted octanol–water partition coefficient (Wildman–Crippen LogP) is 1.51. The molecule has 8 heteroatoms. The lowest BCUT2D eigenvalue weighted by Gasteiger charge is -2.13. The van der Waals surface area contributed by atoms with Crippen LogP contribution in [-0.4, -0.2) is 31.0 Å². The summed E-state index contributed by atoms with van der Waals surface area (Å²) in [5.41, 5.74) is 0. The third-order valence-corrected chi connectivity index (χ3v) is 4.39. The summed E-state index contributed by atoms with van der Waals surface area (Å²) in [5.74, 6) is -1.78. The third-order valence-electron chi connectivity index (χ3n) is 2.52. The van der Waals surface area contributed by atoms with E-state index in [1.807, 2.05) is 6.92 Å². The van der Waals surface area contributed by atoms with E-state index >= 15 is 0 Å². The van der Waals surface area contributed by atoms with Crippen LogP contribution in [-0.2, 0) is 14.8 Å². The van der Waals surface area contributed by atoms with Crippen molar-refractivity contribution in [3.8, 4) is 0 Å². The molecular formula is C11H15ClN2O4S. The van der Waals surface area contributed by atoms with Crippen LogP contribution in [0, 0.1) is 5.92 Å². The first-order chi connectivity index (χ1) is 8.88. The number of nitrogens with zero attached hydrogens (tertiary/aromatic N) is 1. The average Bonchev–Trinajstić information content (AvgIpc) is 2.34. The van der Waals surface area contributed by atoms with Gasteiger partial charge in [-0.05, 0) is 18.6 Å². The van der Waals surface area contributed by atoms with Crippen molar-refractivity contribution < 1.29 is 18.3 Å². The Labute approximate surface area is 116 Å². The van der Waals surface area contributed by atoms with Crippen molar-refractivity contribution in [3.05, 3.63) is 23.5 Å². The minimum absolute atomic E-state index is 0.141. The summed E-state index contributed by atoms with van der Waals surface area (Å²) in [5, 5.41) is 8.81. The molecule has 0 bridgehead atoms. The molecule has 0 spiro atoms. The van der Waals surface area contributed by atoms with Gasteiger partial charge in [0.1, 0.15) is 10.0 Å². The SMILES string of the molecule is CCCC(CNS(=O)(=O)c1cccnc1Cl)C(=O)O. The van der Waals surface area contributed by atoms with Gasteiger partial charge >= 0.3 is 5.97 Å². The predicted molar refractivity (Wildman–Crippen MR) is 70.5 cm³/mol. The van der Waals surface area contributed by atoms with Crippen molar-refractivity contribution in [1.82, 2.24) is 9.71 Å². The molecule has 0 aliphatic carbocycles. The highest BCUT2D eigenvalue weighted by atomic mass is 35.5. The van der Waals surface area contributed by atoms with Gasteiger partial charge in [-0.25, -0.2) is 18.1 Å². The molecule has 2 N–H and O–H groups in total. The second-order valence-electron chi connectivity index (χ2n) is 3.97. The second-order valence-corrected chi connectivity index (χ2v) is 6.06. The van der Waals surface area contributed by atoms with Gasteiger partial charge in [0.05, 0.1) is 5.92 Å². The molecular weight excluding hydrogens is 292 g/mol. The van der Waals surface area contributed by atoms with Gasteiger partial charge in [0.25, 0.3) is 0 Å². The lowest BCUT2D eigenvalue weighted by molar-refractivity contribution is -0.141. The molecule has 0 aliphatic rings. The molecule has 1 aromatic rings. The van der Waals surface area contributed by atoms with E-state index in [0.29, 0.717) is 12.8 Å². The van der Waals surface area contributed by atoms with E-state index in [1.165, 1.54) is 18.3 Å². The van der Waals surface area contributed by atoms with Crippen LogP contribution in [0.4, 0.5) is 0 Å². The molecule has 0 amide bonds. The summed E-state index contributed by atoms with van der Waals surface area (Å²) in [6.45, 7) is 1.67. The van der Waals surface area contributed by atoms with Crippen LogP contribution >= 0.6 is 11.6 Å². The van der Waals surface area contributed by atoms with Crippen molar-refractivity contribution in [2.75, 3.05) is 6.54 Å². The molecule has 0 radical (unpaired) electrons. The molecule has 1 rings (SSSR count). The zero-order valence-electron chi connectivity index (χ0n) is 10.3. The number of rotatable bonds is 7. The number of sulfonamides is 1. The number of aromatic nitrogens is 1. The Morgan fingerprint density at radius 1 is 1.58 bits per heavy atom. The largest absolute Gasteiger partial charge is 0.481 e. The third kappa shape index (κ3) is 4.45. The Morgan fingerprint density at radius 3 is 2.79 bits per heavy atom. The van der Waals surface area contributed by atoms with Crippen LogP contribution < -0.4 is 4.72 Å². The monoisotopic (exact) mass is 306 g/mol. The first-order valence-corrected chi connectivity index (χ1v) is 7.57. The summed E-state index contributed by atoms with van der Waals surface area (Å²) in [7, 11) is -3.85. The molecule has 1 heterocycles. The Balaban J connectivity index is 2.81. The maximum Gasteiger partial charge on any atom is 0.307 e. The molecule has 0 saturated heterocycles. The topological polar surface area (TPSA) is 96.4 Å². The molecule has 1 aromatic heterocycles. The Morgan fingerprint density at radius 2 is 2.26 bits per heavy atom. The molecule has 106 valence electrons. The van der Waals surface area contributed by atoms with Crippen LogP contribution in [0.15, 0.2) is 23.2 Å². The summed E-state index contributed by atoms with van der Waals surface area (Å²) >= 11 is 5.70. The number of carbonyl (C=O) groups is 1. The van der Waals surface area contributed by atoms with Crippen molar-refractivity contribution in [2.45, 2.75) is 24.7 Å². The van der Waals surface area contributed by atoms with E-state index in [1.54, 1.807) is 0 Å². The minimum Gasteiger partial charge on any atom is -0.481 e. The molecule has 0 saturated carbocycles.